The Labute approximate surface area is 168 Å². The summed E-state index contributed by atoms with van der Waals surface area (Å²) in [6.45, 7) is 4.16. The van der Waals surface area contributed by atoms with Crippen molar-refractivity contribution in [1.29, 1.82) is 0 Å². The SMILES string of the molecule is Cc1cccc(C(NC(=S)Nc2ccc(Br)c(C)c2)c2ccccc2)c1. The summed E-state index contributed by atoms with van der Waals surface area (Å²) in [7, 11) is 0. The summed E-state index contributed by atoms with van der Waals surface area (Å²) in [5.74, 6) is 0. The molecule has 0 spiro atoms. The Morgan fingerprint density at radius 2 is 1.62 bits per heavy atom. The first-order valence-corrected chi connectivity index (χ1v) is 9.68. The van der Waals surface area contributed by atoms with E-state index >= 15 is 0 Å². The molecule has 0 heterocycles. The summed E-state index contributed by atoms with van der Waals surface area (Å²) in [5, 5.41) is 7.36. The molecular formula is C22H21BrN2S. The second-order valence-electron chi connectivity index (χ2n) is 6.32. The summed E-state index contributed by atoms with van der Waals surface area (Å²) in [6.07, 6.45) is 0. The van der Waals surface area contributed by atoms with Gasteiger partial charge in [0.2, 0.25) is 0 Å². The highest BCUT2D eigenvalue weighted by Gasteiger charge is 2.15. The highest BCUT2D eigenvalue weighted by molar-refractivity contribution is 9.10. The highest BCUT2D eigenvalue weighted by atomic mass is 79.9. The van der Waals surface area contributed by atoms with E-state index in [4.69, 9.17) is 12.2 Å². The van der Waals surface area contributed by atoms with E-state index in [-0.39, 0.29) is 6.04 Å². The topological polar surface area (TPSA) is 24.1 Å². The summed E-state index contributed by atoms with van der Waals surface area (Å²) in [4.78, 5) is 0. The van der Waals surface area contributed by atoms with Gasteiger partial charge in [-0.2, -0.15) is 0 Å². The van der Waals surface area contributed by atoms with Crippen LogP contribution in [0.3, 0.4) is 0 Å². The predicted octanol–water partition coefficient (Wildman–Crippen LogP) is 6.14. The van der Waals surface area contributed by atoms with Crippen LogP contribution in [0.4, 0.5) is 5.69 Å². The van der Waals surface area contributed by atoms with Crippen molar-refractivity contribution in [1.82, 2.24) is 5.32 Å². The van der Waals surface area contributed by atoms with Crippen molar-refractivity contribution in [3.8, 4) is 0 Å². The number of anilines is 1. The molecule has 0 bridgehead atoms. The molecule has 0 fully saturated rings. The van der Waals surface area contributed by atoms with Gasteiger partial charge < -0.3 is 10.6 Å². The van der Waals surface area contributed by atoms with Gasteiger partial charge in [0.25, 0.3) is 0 Å². The fraction of sp³-hybridized carbons (Fsp3) is 0.136. The molecule has 0 saturated heterocycles. The third-order valence-electron chi connectivity index (χ3n) is 4.20. The number of hydrogen-bond acceptors (Lipinski definition) is 1. The van der Waals surface area contributed by atoms with Crippen molar-refractivity contribution in [2.75, 3.05) is 5.32 Å². The molecule has 2 nitrogen and oxygen atoms in total. The van der Waals surface area contributed by atoms with Crippen LogP contribution in [0.5, 0.6) is 0 Å². The molecule has 0 aromatic heterocycles. The van der Waals surface area contributed by atoms with E-state index in [0.29, 0.717) is 5.11 Å². The van der Waals surface area contributed by atoms with Crippen LogP contribution >= 0.6 is 28.1 Å². The summed E-state index contributed by atoms with van der Waals surface area (Å²) >= 11 is 9.11. The Hall–Kier alpha value is -2.17. The van der Waals surface area contributed by atoms with E-state index in [9.17, 15) is 0 Å². The molecule has 0 amide bonds. The smallest absolute Gasteiger partial charge is 0.171 e. The molecule has 3 rings (SSSR count). The number of aryl methyl sites for hydroxylation is 2. The van der Waals surface area contributed by atoms with E-state index in [0.717, 1.165) is 15.7 Å². The van der Waals surface area contributed by atoms with E-state index in [1.165, 1.54) is 16.7 Å². The Morgan fingerprint density at radius 3 is 2.31 bits per heavy atom. The number of thiocarbonyl (C=S) groups is 1. The second kappa shape index (κ2) is 8.47. The molecule has 3 aromatic carbocycles. The monoisotopic (exact) mass is 424 g/mol. The quantitative estimate of drug-likeness (QED) is 0.491. The lowest BCUT2D eigenvalue weighted by Gasteiger charge is -2.22. The average molecular weight is 425 g/mol. The fourth-order valence-corrected chi connectivity index (χ4v) is 3.36. The summed E-state index contributed by atoms with van der Waals surface area (Å²) in [5.41, 5.74) is 5.73. The fourth-order valence-electron chi connectivity index (χ4n) is 2.88. The van der Waals surface area contributed by atoms with Crippen molar-refractivity contribution in [2.45, 2.75) is 19.9 Å². The maximum atomic E-state index is 5.59. The van der Waals surface area contributed by atoms with Gasteiger partial charge in [0.05, 0.1) is 6.04 Å². The van der Waals surface area contributed by atoms with E-state index in [1.807, 2.05) is 30.3 Å². The lowest BCUT2D eigenvalue weighted by Crippen LogP contribution is -2.33. The zero-order valence-electron chi connectivity index (χ0n) is 14.8. The largest absolute Gasteiger partial charge is 0.352 e. The second-order valence-corrected chi connectivity index (χ2v) is 7.58. The van der Waals surface area contributed by atoms with Gasteiger partial charge in [0, 0.05) is 10.2 Å². The van der Waals surface area contributed by atoms with Crippen molar-refractivity contribution in [3.05, 3.63) is 99.5 Å². The van der Waals surface area contributed by atoms with Crippen LogP contribution in [-0.4, -0.2) is 5.11 Å². The molecule has 1 atom stereocenters. The molecule has 0 saturated carbocycles. The number of halogens is 1. The predicted molar refractivity (Wildman–Crippen MR) is 118 cm³/mol. The minimum atomic E-state index is -0.00681. The van der Waals surface area contributed by atoms with Gasteiger partial charge >= 0.3 is 0 Å². The maximum absolute atomic E-state index is 5.59. The average Bonchev–Trinajstić information content (AvgIpc) is 2.63. The zero-order chi connectivity index (χ0) is 18.5. The number of nitrogens with one attached hydrogen (secondary N) is 2. The van der Waals surface area contributed by atoms with Crippen LogP contribution in [0.25, 0.3) is 0 Å². The van der Waals surface area contributed by atoms with E-state index < -0.39 is 0 Å². The van der Waals surface area contributed by atoms with Crippen molar-refractivity contribution in [3.63, 3.8) is 0 Å². The van der Waals surface area contributed by atoms with Gasteiger partial charge in [-0.1, -0.05) is 76.1 Å². The van der Waals surface area contributed by atoms with Crippen LogP contribution < -0.4 is 10.6 Å². The normalized spacial score (nSPS) is 11.7. The standard InChI is InChI=1S/C22H21BrN2S/c1-15-7-6-10-18(13-15)21(17-8-4-3-5-9-17)25-22(26)24-19-11-12-20(23)16(2)14-19/h3-14,21H,1-2H3,(H2,24,25,26). The van der Waals surface area contributed by atoms with Gasteiger partial charge in [-0.25, -0.2) is 0 Å². The maximum Gasteiger partial charge on any atom is 0.171 e. The van der Waals surface area contributed by atoms with Gasteiger partial charge in [-0.15, -0.1) is 0 Å². The van der Waals surface area contributed by atoms with Gasteiger partial charge in [-0.3, -0.25) is 0 Å². The number of benzene rings is 3. The molecule has 132 valence electrons. The first kappa shape index (κ1) is 18.6. The molecule has 0 aliphatic carbocycles. The molecule has 0 radical (unpaired) electrons. The Bertz CT molecular complexity index is 909. The van der Waals surface area contributed by atoms with Crippen LogP contribution in [0, 0.1) is 13.8 Å². The Morgan fingerprint density at radius 1 is 0.885 bits per heavy atom. The van der Waals surface area contributed by atoms with Crippen LogP contribution in [0.2, 0.25) is 0 Å². The van der Waals surface area contributed by atoms with Gasteiger partial charge in [0.1, 0.15) is 0 Å². The lowest BCUT2D eigenvalue weighted by molar-refractivity contribution is 0.768. The van der Waals surface area contributed by atoms with Crippen molar-refractivity contribution in [2.24, 2.45) is 0 Å². The molecule has 1 unspecified atom stereocenters. The number of hydrogen-bond donors (Lipinski definition) is 2. The van der Waals surface area contributed by atoms with Gasteiger partial charge in [0.15, 0.2) is 5.11 Å². The van der Waals surface area contributed by atoms with Crippen LogP contribution in [-0.2, 0) is 0 Å². The molecule has 3 aromatic rings. The molecule has 0 aliphatic heterocycles. The van der Waals surface area contributed by atoms with Crippen molar-refractivity contribution < 1.29 is 0 Å². The van der Waals surface area contributed by atoms with Gasteiger partial charge in [-0.05, 0) is 61.0 Å². The van der Waals surface area contributed by atoms with Crippen LogP contribution in [0.1, 0.15) is 28.3 Å². The molecule has 26 heavy (non-hydrogen) atoms. The molecule has 2 N–H and O–H groups in total. The summed E-state index contributed by atoms with van der Waals surface area (Å²) < 4.78 is 1.09. The Kier molecular flexibility index (Phi) is 6.07. The van der Waals surface area contributed by atoms with Crippen LogP contribution in [0.15, 0.2) is 77.3 Å². The minimum absolute atomic E-state index is 0.00681. The van der Waals surface area contributed by atoms with Crippen molar-refractivity contribution >= 4 is 38.9 Å². The first-order chi connectivity index (χ1) is 12.5. The zero-order valence-corrected chi connectivity index (χ0v) is 17.2. The highest BCUT2D eigenvalue weighted by Crippen LogP contribution is 2.24. The molecule has 0 aliphatic rings. The molecule has 4 heteroatoms. The molecular weight excluding hydrogens is 404 g/mol. The first-order valence-electron chi connectivity index (χ1n) is 8.48. The third kappa shape index (κ3) is 4.71. The van der Waals surface area contributed by atoms with E-state index in [2.05, 4.69) is 82.9 Å². The summed E-state index contributed by atoms with van der Waals surface area (Å²) in [6, 6.07) is 25.0. The van der Waals surface area contributed by atoms with E-state index in [1.54, 1.807) is 0 Å². The minimum Gasteiger partial charge on any atom is -0.352 e. The lowest BCUT2D eigenvalue weighted by atomic mass is 9.97. The Balaban J connectivity index is 1.83. The number of rotatable bonds is 4. The third-order valence-corrected chi connectivity index (χ3v) is 5.31.